The van der Waals surface area contributed by atoms with E-state index in [1.807, 2.05) is 0 Å². The first kappa shape index (κ1) is 16.4. The average molecular weight is 296 g/mol. The van der Waals surface area contributed by atoms with Crippen LogP contribution < -0.4 is 10.1 Å². The topological polar surface area (TPSA) is 108 Å². The number of carbonyl (C=O) groups excluding carboxylic acids is 2. The number of nitrogens with zero attached hydrogens (tertiary/aromatic N) is 1. The van der Waals surface area contributed by atoms with Gasteiger partial charge in [-0.05, 0) is 37.1 Å². The van der Waals surface area contributed by atoms with Gasteiger partial charge >= 0.3 is 5.97 Å². The van der Waals surface area contributed by atoms with Crippen LogP contribution in [0.2, 0.25) is 0 Å². The molecule has 0 saturated carbocycles. The lowest BCUT2D eigenvalue weighted by Gasteiger charge is -2.06. The average Bonchev–Trinajstić information content (AvgIpc) is 2.39. The summed E-state index contributed by atoms with van der Waals surface area (Å²) in [7, 11) is 0. The predicted molar refractivity (Wildman–Crippen MR) is 73.2 cm³/mol. The van der Waals surface area contributed by atoms with Crippen molar-refractivity contribution in [1.82, 2.24) is 0 Å². The number of ether oxygens (including phenoxy) is 1. The number of benzene rings is 1. The van der Waals surface area contributed by atoms with Crippen molar-refractivity contribution in [2.24, 2.45) is 0 Å². The second-order valence-corrected chi connectivity index (χ2v) is 4.19. The lowest BCUT2D eigenvalue weighted by Crippen LogP contribution is -2.09. The van der Waals surface area contributed by atoms with Crippen LogP contribution in [0.3, 0.4) is 0 Å². The minimum atomic E-state index is -0.866. The molecule has 1 aromatic carbocycles. The van der Waals surface area contributed by atoms with Crippen LogP contribution in [-0.4, -0.2) is 23.6 Å². The second-order valence-electron chi connectivity index (χ2n) is 4.19. The smallest absolute Gasteiger partial charge is 0.311 e. The molecule has 0 atom stereocenters. The van der Waals surface area contributed by atoms with Crippen molar-refractivity contribution in [2.75, 3.05) is 11.9 Å². The van der Waals surface area contributed by atoms with E-state index in [1.165, 1.54) is 6.92 Å². The number of unbranched alkanes of at least 4 members (excludes halogenated alkanes) is 1. The molecule has 1 amide bonds. The highest BCUT2D eigenvalue weighted by molar-refractivity contribution is 5.88. The lowest BCUT2D eigenvalue weighted by atomic mass is 10.2. The van der Waals surface area contributed by atoms with Crippen LogP contribution in [0.25, 0.3) is 0 Å². The van der Waals surface area contributed by atoms with E-state index in [-0.39, 0.29) is 18.9 Å². The van der Waals surface area contributed by atoms with E-state index < -0.39 is 11.1 Å². The van der Waals surface area contributed by atoms with Crippen molar-refractivity contribution < 1.29 is 24.3 Å². The third-order valence-electron chi connectivity index (χ3n) is 2.38. The molecule has 0 bridgehead atoms. The molecule has 0 aliphatic rings. The van der Waals surface area contributed by atoms with Gasteiger partial charge in [-0.15, -0.1) is 10.1 Å². The third kappa shape index (κ3) is 7.51. The quantitative estimate of drug-likeness (QED) is 0.258. The lowest BCUT2D eigenvalue weighted by molar-refractivity contribution is -0.757. The van der Waals surface area contributed by atoms with Crippen molar-refractivity contribution in [1.29, 1.82) is 0 Å². The van der Waals surface area contributed by atoms with Gasteiger partial charge in [0.05, 0.1) is 6.61 Å². The number of carbonyl (C=O) groups is 2. The molecule has 8 heteroatoms. The van der Waals surface area contributed by atoms with Crippen LogP contribution in [0.5, 0.6) is 5.75 Å². The normalized spacial score (nSPS) is 9.76. The van der Waals surface area contributed by atoms with Crippen LogP contribution in [-0.2, 0) is 14.4 Å². The Kier molecular flexibility index (Phi) is 6.66. The van der Waals surface area contributed by atoms with E-state index in [9.17, 15) is 19.7 Å². The molecule has 1 aromatic rings. The summed E-state index contributed by atoms with van der Waals surface area (Å²) >= 11 is 0. The number of esters is 1. The highest BCUT2D eigenvalue weighted by Crippen LogP contribution is 2.16. The Hall–Kier alpha value is -2.64. The summed E-state index contributed by atoms with van der Waals surface area (Å²) in [6, 6.07) is 6.38. The van der Waals surface area contributed by atoms with Gasteiger partial charge in [-0.2, -0.15) is 0 Å². The summed E-state index contributed by atoms with van der Waals surface area (Å²) in [5.41, 5.74) is 0.610. The molecule has 0 saturated heterocycles. The number of rotatable bonds is 8. The molecule has 0 fully saturated rings. The molecule has 0 spiro atoms. The van der Waals surface area contributed by atoms with Crippen molar-refractivity contribution in [3.63, 3.8) is 0 Å². The maximum atomic E-state index is 11.5. The number of hydrogen-bond donors (Lipinski definition) is 1. The molecule has 0 aliphatic carbocycles. The van der Waals surface area contributed by atoms with Crippen LogP contribution in [0.1, 0.15) is 26.2 Å². The fourth-order valence-corrected chi connectivity index (χ4v) is 1.50. The summed E-state index contributed by atoms with van der Waals surface area (Å²) < 4.78 is 5.08. The molecule has 0 heterocycles. The van der Waals surface area contributed by atoms with Gasteiger partial charge in [0.1, 0.15) is 5.75 Å². The van der Waals surface area contributed by atoms with Crippen molar-refractivity contribution in [2.45, 2.75) is 26.2 Å². The van der Waals surface area contributed by atoms with Crippen LogP contribution >= 0.6 is 0 Å². The van der Waals surface area contributed by atoms with E-state index in [0.29, 0.717) is 24.3 Å². The fraction of sp³-hybridized carbons (Fsp3) is 0.385. The molecule has 0 radical (unpaired) electrons. The van der Waals surface area contributed by atoms with Gasteiger partial charge < -0.3 is 14.9 Å². The second kappa shape index (κ2) is 8.51. The summed E-state index contributed by atoms with van der Waals surface area (Å²) in [5.74, 6) is -0.240. The van der Waals surface area contributed by atoms with Gasteiger partial charge in [0.2, 0.25) is 5.91 Å². The number of amides is 1. The van der Waals surface area contributed by atoms with Gasteiger partial charge in [-0.25, -0.2) is 0 Å². The van der Waals surface area contributed by atoms with Crippen LogP contribution in [0.4, 0.5) is 5.69 Å². The molecule has 0 aromatic heterocycles. The zero-order chi connectivity index (χ0) is 15.7. The summed E-state index contributed by atoms with van der Waals surface area (Å²) in [6.45, 7) is 1.36. The summed E-state index contributed by atoms with van der Waals surface area (Å²) in [6.07, 6.45) is 0.989. The minimum Gasteiger partial charge on any atom is -0.427 e. The van der Waals surface area contributed by atoms with E-state index in [0.717, 1.165) is 0 Å². The maximum Gasteiger partial charge on any atom is 0.311 e. The minimum absolute atomic E-state index is 0.0360. The van der Waals surface area contributed by atoms with Gasteiger partial charge in [-0.3, -0.25) is 9.59 Å². The number of hydrogen-bond acceptors (Lipinski definition) is 6. The Labute approximate surface area is 121 Å². The SMILES string of the molecule is CC(=O)Nc1ccc(OC(=O)CCCCO[N+](=O)[O-])cc1. The first-order valence-electron chi connectivity index (χ1n) is 6.33. The van der Waals surface area contributed by atoms with Gasteiger partial charge in [0.25, 0.3) is 5.09 Å². The molecular weight excluding hydrogens is 280 g/mol. The van der Waals surface area contributed by atoms with Gasteiger partial charge in [0, 0.05) is 19.0 Å². The standard InChI is InChI=1S/C13H16N2O6/c1-10(16)14-11-5-7-12(8-6-11)21-13(17)4-2-3-9-20-15(18)19/h5-8H,2-4,9H2,1H3,(H,14,16). The monoisotopic (exact) mass is 296 g/mol. The molecule has 0 aliphatic heterocycles. The molecule has 21 heavy (non-hydrogen) atoms. The van der Waals surface area contributed by atoms with Gasteiger partial charge in [0.15, 0.2) is 0 Å². The summed E-state index contributed by atoms with van der Waals surface area (Å²) in [4.78, 5) is 36.4. The summed E-state index contributed by atoms with van der Waals surface area (Å²) in [5, 5.41) is 11.6. The van der Waals surface area contributed by atoms with E-state index >= 15 is 0 Å². The van der Waals surface area contributed by atoms with Crippen LogP contribution in [0, 0.1) is 10.1 Å². The van der Waals surface area contributed by atoms with E-state index in [1.54, 1.807) is 24.3 Å². The largest absolute Gasteiger partial charge is 0.427 e. The zero-order valence-corrected chi connectivity index (χ0v) is 11.5. The van der Waals surface area contributed by atoms with Crippen LogP contribution in [0.15, 0.2) is 24.3 Å². The van der Waals surface area contributed by atoms with Crippen molar-refractivity contribution in [3.05, 3.63) is 34.4 Å². The molecule has 8 nitrogen and oxygen atoms in total. The Balaban J connectivity index is 2.27. The first-order chi connectivity index (χ1) is 9.97. The Morgan fingerprint density at radius 3 is 2.48 bits per heavy atom. The molecule has 114 valence electrons. The zero-order valence-electron chi connectivity index (χ0n) is 11.5. The number of anilines is 1. The molecule has 1 N–H and O–H groups in total. The van der Waals surface area contributed by atoms with Gasteiger partial charge in [-0.1, -0.05) is 0 Å². The molecule has 1 rings (SSSR count). The Bertz CT molecular complexity index is 500. The Morgan fingerprint density at radius 2 is 1.90 bits per heavy atom. The third-order valence-corrected chi connectivity index (χ3v) is 2.38. The van der Waals surface area contributed by atoms with E-state index in [2.05, 4.69) is 10.2 Å². The highest BCUT2D eigenvalue weighted by atomic mass is 16.9. The molecular formula is C13H16N2O6. The van der Waals surface area contributed by atoms with Crippen molar-refractivity contribution in [3.8, 4) is 5.75 Å². The Morgan fingerprint density at radius 1 is 1.24 bits per heavy atom. The number of nitrogens with one attached hydrogen (secondary N) is 1. The molecule has 0 unspecified atom stereocenters. The van der Waals surface area contributed by atoms with Crippen molar-refractivity contribution >= 4 is 17.6 Å². The fourth-order valence-electron chi connectivity index (χ4n) is 1.50. The maximum absolute atomic E-state index is 11.5. The first-order valence-corrected chi connectivity index (χ1v) is 6.33. The van der Waals surface area contributed by atoms with E-state index in [4.69, 9.17) is 4.74 Å². The highest BCUT2D eigenvalue weighted by Gasteiger charge is 2.05. The predicted octanol–water partition coefficient (Wildman–Crippen LogP) is 1.93.